The van der Waals surface area contributed by atoms with E-state index in [2.05, 4.69) is 15.1 Å². The average molecular weight is 307 g/mol. The van der Waals surface area contributed by atoms with Gasteiger partial charge in [0.15, 0.2) is 0 Å². The molecule has 23 heavy (non-hydrogen) atoms. The van der Waals surface area contributed by atoms with Crippen LogP contribution < -0.4 is 4.90 Å². The molecule has 0 bridgehead atoms. The molecule has 0 radical (unpaired) electrons. The van der Waals surface area contributed by atoms with Crippen LogP contribution in [-0.2, 0) is 11.2 Å². The summed E-state index contributed by atoms with van der Waals surface area (Å²) < 4.78 is 0. The molecule has 0 aliphatic carbocycles. The second-order valence-electron chi connectivity index (χ2n) is 6.02. The molecule has 5 heteroatoms. The largest absolute Gasteiger partial charge is 0.481 e. The minimum atomic E-state index is -0.778. The lowest BCUT2D eigenvalue weighted by Gasteiger charge is -2.25. The zero-order valence-corrected chi connectivity index (χ0v) is 12.7. The van der Waals surface area contributed by atoms with E-state index in [1.165, 1.54) is 0 Å². The van der Waals surface area contributed by atoms with Crippen molar-refractivity contribution in [3.8, 4) is 0 Å². The fraction of sp³-hybridized carbons (Fsp3) is 0.222. The van der Waals surface area contributed by atoms with E-state index in [1.54, 1.807) is 6.20 Å². The maximum absolute atomic E-state index is 11.9. The summed E-state index contributed by atoms with van der Waals surface area (Å²) in [6, 6.07) is 13.8. The quantitative estimate of drug-likeness (QED) is 0.780. The van der Waals surface area contributed by atoms with Gasteiger partial charge in [-0.2, -0.15) is 5.10 Å². The number of benzene rings is 2. The monoisotopic (exact) mass is 307 g/mol. The second kappa shape index (κ2) is 5.12. The molecule has 2 aromatic carbocycles. The summed E-state index contributed by atoms with van der Waals surface area (Å²) in [5, 5.41) is 17.8. The Kier molecular flexibility index (Phi) is 3.08. The van der Waals surface area contributed by atoms with Crippen molar-refractivity contribution in [1.29, 1.82) is 0 Å². The van der Waals surface area contributed by atoms with Gasteiger partial charge in [-0.15, -0.1) is 0 Å². The molecule has 0 spiro atoms. The van der Waals surface area contributed by atoms with Crippen molar-refractivity contribution in [2.75, 3.05) is 11.9 Å². The molecule has 1 aliphatic rings. The molecule has 116 valence electrons. The number of fused-ring (bicyclic) bond motifs is 3. The van der Waals surface area contributed by atoms with Crippen LogP contribution >= 0.6 is 0 Å². The normalized spacial score (nSPS) is 20.0. The van der Waals surface area contributed by atoms with Gasteiger partial charge in [0.1, 0.15) is 5.92 Å². The standard InChI is InChI=1S/C18H17N3O2/c1-21-15(9-11-5-3-2-4-6-11)16(18(22)23)12-7-8-14-13(17(12)21)10-19-20-14/h2-8,10,15-16H,9H2,1H3,(H,19,20)(H,22,23). The predicted molar refractivity (Wildman–Crippen MR) is 88.8 cm³/mol. The number of nitrogens with zero attached hydrogens (tertiary/aromatic N) is 2. The number of anilines is 1. The van der Waals surface area contributed by atoms with Crippen molar-refractivity contribution in [3.05, 3.63) is 59.8 Å². The van der Waals surface area contributed by atoms with Gasteiger partial charge in [-0.3, -0.25) is 9.89 Å². The summed E-state index contributed by atoms with van der Waals surface area (Å²) in [6.07, 6.45) is 2.47. The number of rotatable bonds is 3. The first-order chi connectivity index (χ1) is 11.2. The fourth-order valence-corrected chi connectivity index (χ4v) is 3.67. The van der Waals surface area contributed by atoms with Crippen molar-refractivity contribution >= 4 is 22.6 Å². The Bertz CT molecular complexity index is 872. The summed E-state index contributed by atoms with van der Waals surface area (Å²) in [5.74, 6) is -1.31. The number of nitrogens with one attached hydrogen (secondary N) is 1. The third kappa shape index (κ3) is 2.08. The van der Waals surface area contributed by atoms with Crippen LogP contribution in [0.4, 0.5) is 5.69 Å². The van der Waals surface area contributed by atoms with Crippen LogP contribution in [0.1, 0.15) is 17.0 Å². The number of aromatic nitrogens is 2. The lowest BCUT2D eigenvalue weighted by molar-refractivity contribution is -0.139. The minimum absolute atomic E-state index is 0.106. The highest BCUT2D eigenvalue weighted by atomic mass is 16.4. The lowest BCUT2D eigenvalue weighted by Crippen LogP contribution is -2.35. The van der Waals surface area contributed by atoms with E-state index in [-0.39, 0.29) is 6.04 Å². The highest BCUT2D eigenvalue weighted by Crippen LogP contribution is 2.45. The van der Waals surface area contributed by atoms with Crippen molar-refractivity contribution in [2.45, 2.75) is 18.4 Å². The third-order valence-corrected chi connectivity index (χ3v) is 4.75. The maximum atomic E-state index is 11.9. The smallest absolute Gasteiger partial charge is 0.313 e. The van der Waals surface area contributed by atoms with Crippen LogP contribution in [0, 0.1) is 0 Å². The van der Waals surface area contributed by atoms with E-state index < -0.39 is 11.9 Å². The molecule has 2 N–H and O–H groups in total. The predicted octanol–water partition coefficient (Wildman–Crippen LogP) is 2.79. The van der Waals surface area contributed by atoms with E-state index in [9.17, 15) is 9.90 Å². The second-order valence-corrected chi connectivity index (χ2v) is 6.02. The third-order valence-electron chi connectivity index (χ3n) is 4.75. The Balaban J connectivity index is 1.82. The van der Waals surface area contributed by atoms with Crippen LogP contribution in [0.3, 0.4) is 0 Å². The van der Waals surface area contributed by atoms with Gasteiger partial charge in [0.2, 0.25) is 0 Å². The van der Waals surface area contributed by atoms with Gasteiger partial charge in [0.25, 0.3) is 0 Å². The van der Waals surface area contributed by atoms with Gasteiger partial charge in [-0.25, -0.2) is 0 Å². The number of aromatic amines is 1. The fourth-order valence-electron chi connectivity index (χ4n) is 3.67. The first kappa shape index (κ1) is 13.8. The number of carboxylic acids is 1. The summed E-state index contributed by atoms with van der Waals surface area (Å²) >= 11 is 0. The van der Waals surface area contributed by atoms with Gasteiger partial charge < -0.3 is 10.0 Å². The van der Waals surface area contributed by atoms with Crippen LogP contribution in [0.15, 0.2) is 48.7 Å². The van der Waals surface area contributed by atoms with Crippen molar-refractivity contribution in [3.63, 3.8) is 0 Å². The molecule has 0 amide bonds. The Labute approximate surface area is 133 Å². The van der Waals surface area contributed by atoms with Crippen LogP contribution in [0.2, 0.25) is 0 Å². The SMILES string of the molecule is CN1c2c(ccc3[nH]ncc23)C(C(=O)O)C1Cc1ccccc1. The Morgan fingerprint density at radius 1 is 1.26 bits per heavy atom. The molecule has 2 atom stereocenters. The maximum Gasteiger partial charge on any atom is 0.313 e. The molecule has 0 saturated heterocycles. The zero-order valence-electron chi connectivity index (χ0n) is 12.7. The van der Waals surface area contributed by atoms with E-state index in [1.807, 2.05) is 49.5 Å². The number of aliphatic carboxylic acids is 1. The van der Waals surface area contributed by atoms with E-state index in [4.69, 9.17) is 0 Å². The molecular weight excluding hydrogens is 290 g/mol. The van der Waals surface area contributed by atoms with Crippen LogP contribution in [0.5, 0.6) is 0 Å². The lowest BCUT2D eigenvalue weighted by atomic mass is 9.90. The summed E-state index contributed by atoms with van der Waals surface area (Å²) in [4.78, 5) is 14.0. The number of H-pyrrole nitrogens is 1. The van der Waals surface area contributed by atoms with Gasteiger partial charge in [0, 0.05) is 12.4 Å². The van der Waals surface area contributed by atoms with Crippen molar-refractivity contribution in [2.24, 2.45) is 0 Å². The zero-order chi connectivity index (χ0) is 16.0. The summed E-state index contributed by atoms with van der Waals surface area (Å²) in [6.45, 7) is 0. The molecule has 2 unspecified atom stereocenters. The van der Waals surface area contributed by atoms with Gasteiger partial charge >= 0.3 is 5.97 Å². The van der Waals surface area contributed by atoms with E-state index in [0.717, 1.165) is 27.7 Å². The first-order valence-corrected chi connectivity index (χ1v) is 7.62. The van der Waals surface area contributed by atoms with Crippen LogP contribution in [-0.4, -0.2) is 34.4 Å². The molecule has 3 aromatic rings. The number of carbonyl (C=O) groups is 1. The number of hydrogen-bond acceptors (Lipinski definition) is 3. The van der Waals surface area contributed by atoms with Crippen LogP contribution in [0.25, 0.3) is 10.9 Å². The van der Waals surface area contributed by atoms with E-state index >= 15 is 0 Å². The van der Waals surface area contributed by atoms with E-state index in [0.29, 0.717) is 6.42 Å². The Morgan fingerprint density at radius 3 is 2.78 bits per heavy atom. The molecule has 1 aliphatic heterocycles. The molecule has 1 aromatic heterocycles. The number of likely N-dealkylation sites (N-methyl/N-ethyl adjacent to an activating group) is 1. The molecule has 0 saturated carbocycles. The van der Waals surface area contributed by atoms with Gasteiger partial charge in [0.05, 0.1) is 23.4 Å². The van der Waals surface area contributed by atoms with Crippen molar-refractivity contribution < 1.29 is 9.90 Å². The number of hydrogen-bond donors (Lipinski definition) is 2. The summed E-state index contributed by atoms with van der Waals surface area (Å²) in [7, 11) is 1.97. The average Bonchev–Trinajstić information content (AvgIpc) is 3.11. The molecule has 2 heterocycles. The van der Waals surface area contributed by atoms with Gasteiger partial charge in [-0.1, -0.05) is 36.4 Å². The summed E-state index contributed by atoms with van der Waals surface area (Å²) in [5.41, 5.74) is 3.92. The Hall–Kier alpha value is -2.82. The highest BCUT2D eigenvalue weighted by Gasteiger charge is 2.42. The molecule has 0 fully saturated rings. The first-order valence-electron chi connectivity index (χ1n) is 7.62. The molecular formula is C18H17N3O2. The minimum Gasteiger partial charge on any atom is -0.481 e. The van der Waals surface area contributed by atoms with Crippen molar-refractivity contribution in [1.82, 2.24) is 10.2 Å². The Morgan fingerprint density at radius 2 is 2.04 bits per heavy atom. The number of carboxylic acid groups (broad SMARTS) is 1. The van der Waals surface area contributed by atoms with Gasteiger partial charge in [-0.05, 0) is 23.6 Å². The molecule has 4 rings (SSSR count). The molecule has 5 nitrogen and oxygen atoms in total. The topological polar surface area (TPSA) is 69.2 Å². The highest BCUT2D eigenvalue weighted by molar-refractivity contribution is 5.98.